The van der Waals surface area contributed by atoms with Crippen molar-refractivity contribution in [2.45, 2.75) is 52.1 Å². The van der Waals surface area contributed by atoms with E-state index in [1.807, 2.05) is 11.8 Å². The van der Waals surface area contributed by atoms with Gasteiger partial charge in [0, 0.05) is 12.0 Å². The van der Waals surface area contributed by atoms with Crippen LogP contribution in [-0.2, 0) is 0 Å². The third-order valence-corrected chi connectivity index (χ3v) is 5.32. The van der Waals surface area contributed by atoms with Crippen LogP contribution in [0.1, 0.15) is 46.0 Å². The van der Waals surface area contributed by atoms with Crippen molar-refractivity contribution in [3.05, 3.63) is 0 Å². The van der Waals surface area contributed by atoms with Crippen molar-refractivity contribution in [2.24, 2.45) is 23.0 Å². The Morgan fingerprint density at radius 1 is 1.35 bits per heavy atom. The van der Waals surface area contributed by atoms with Gasteiger partial charge < -0.3 is 10.8 Å². The van der Waals surface area contributed by atoms with Gasteiger partial charge >= 0.3 is 0 Å². The van der Waals surface area contributed by atoms with E-state index in [-0.39, 0.29) is 11.5 Å². The summed E-state index contributed by atoms with van der Waals surface area (Å²) in [6.45, 7) is 5.27. The quantitative estimate of drug-likeness (QED) is 0.771. The van der Waals surface area contributed by atoms with Gasteiger partial charge in [-0.15, -0.1) is 0 Å². The van der Waals surface area contributed by atoms with E-state index in [9.17, 15) is 5.11 Å². The fourth-order valence-corrected chi connectivity index (χ4v) is 3.55. The molecule has 3 heteroatoms. The Kier molecular flexibility index (Phi) is 6.32. The number of aliphatic hydroxyl groups excluding tert-OH is 1. The third kappa shape index (κ3) is 3.87. The second kappa shape index (κ2) is 7.01. The Labute approximate surface area is 111 Å². The Morgan fingerprint density at radius 3 is 2.35 bits per heavy atom. The van der Waals surface area contributed by atoms with Crippen molar-refractivity contribution in [3.8, 4) is 0 Å². The summed E-state index contributed by atoms with van der Waals surface area (Å²) >= 11 is 1.81. The zero-order valence-corrected chi connectivity index (χ0v) is 12.4. The first kappa shape index (κ1) is 15.3. The second-order valence-corrected chi connectivity index (χ2v) is 6.93. The molecule has 0 amide bonds. The number of aliphatic hydroxyl groups is 1. The Morgan fingerprint density at radius 2 is 1.94 bits per heavy atom. The van der Waals surface area contributed by atoms with Crippen molar-refractivity contribution in [1.82, 2.24) is 0 Å². The molecule has 1 unspecified atom stereocenters. The molecule has 0 heterocycles. The molecule has 0 aromatic carbocycles. The first-order chi connectivity index (χ1) is 8.05. The highest BCUT2D eigenvalue weighted by molar-refractivity contribution is 7.98. The van der Waals surface area contributed by atoms with Gasteiger partial charge in [-0.3, -0.25) is 0 Å². The minimum atomic E-state index is -0.201. The fourth-order valence-electron chi connectivity index (χ4n) is 3.09. The molecule has 3 N–H and O–H groups in total. The molecule has 1 atom stereocenters. The van der Waals surface area contributed by atoms with E-state index in [0.29, 0.717) is 6.54 Å². The molecule has 102 valence electrons. The van der Waals surface area contributed by atoms with E-state index >= 15 is 0 Å². The van der Waals surface area contributed by atoms with Crippen molar-refractivity contribution in [3.63, 3.8) is 0 Å². The Balaban J connectivity index is 2.54. The van der Waals surface area contributed by atoms with Crippen LogP contribution in [0.4, 0.5) is 0 Å². The standard InChI is InChI=1S/C14H29NOS/c1-11(2)12-4-7-14(10-15,8-5-12)13(16)6-9-17-3/h11-13,16H,4-10,15H2,1-3H3. The largest absolute Gasteiger partial charge is 0.392 e. The Hall–Kier alpha value is 0.270. The van der Waals surface area contributed by atoms with Gasteiger partial charge in [-0.25, -0.2) is 0 Å². The van der Waals surface area contributed by atoms with E-state index in [0.717, 1.165) is 36.9 Å². The van der Waals surface area contributed by atoms with Crippen molar-refractivity contribution < 1.29 is 5.11 Å². The lowest BCUT2D eigenvalue weighted by Gasteiger charge is -2.43. The van der Waals surface area contributed by atoms with Crippen LogP contribution < -0.4 is 5.73 Å². The van der Waals surface area contributed by atoms with Crippen LogP contribution in [0.15, 0.2) is 0 Å². The third-order valence-electron chi connectivity index (χ3n) is 4.68. The fraction of sp³-hybridized carbons (Fsp3) is 1.00. The Bertz CT molecular complexity index is 212. The highest BCUT2D eigenvalue weighted by atomic mass is 32.2. The lowest BCUT2D eigenvalue weighted by Crippen LogP contribution is -2.45. The minimum Gasteiger partial charge on any atom is -0.392 e. The summed E-state index contributed by atoms with van der Waals surface area (Å²) in [5.41, 5.74) is 5.98. The average Bonchev–Trinajstić information content (AvgIpc) is 2.35. The van der Waals surface area contributed by atoms with Gasteiger partial charge in [-0.05, 0) is 55.9 Å². The zero-order valence-electron chi connectivity index (χ0n) is 11.6. The van der Waals surface area contributed by atoms with E-state index < -0.39 is 0 Å². The molecule has 2 nitrogen and oxygen atoms in total. The number of nitrogens with two attached hydrogens (primary N) is 1. The summed E-state index contributed by atoms with van der Waals surface area (Å²) < 4.78 is 0. The maximum atomic E-state index is 10.4. The highest BCUT2D eigenvalue weighted by Crippen LogP contribution is 2.44. The molecule has 1 fully saturated rings. The molecule has 1 aliphatic carbocycles. The maximum Gasteiger partial charge on any atom is 0.0616 e. The summed E-state index contributed by atoms with van der Waals surface area (Å²) in [5, 5.41) is 10.4. The molecule has 0 bridgehead atoms. The minimum absolute atomic E-state index is 0.0150. The summed E-state index contributed by atoms with van der Waals surface area (Å²) in [5.74, 6) is 2.65. The van der Waals surface area contributed by atoms with Gasteiger partial charge in [0.05, 0.1) is 6.10 Å². The van der Waals surface area contributed by atoms with Gasteiger partial charge in [0.1, 0.15) is 0 Å². The molecule has 0 spiro atoms. The zero-order chi connectivity index (χ0) is 12.9. The smallest absolute Gasteiger partial charge is 0.0616 e. The normalized spacial score (nSPS) is 31.8. The maximum absolute atomic E-state index is 10.4. The summed E-state index contributed by atoms with van der Waals surface area (Å²) in [4.78, 5) is 0. The second-order valence-electron chi connectivity index (χ2n) is 5.95. The van der Waals surface area contributed by atoms with Crippen LogP contribution in [-0.4, -0.2) is 29.8 Å². The lowest BCUT2D eigenvalue weighted by molar-refractivity contribution is -0.0140. The van der Waals surface area contributed by atoms with Gasteiger partial charge in [0.25, 0.3) is 0 Å². The van der Waals surface area contributed by atoms with E-state index in [1.165, 1.54) is 12.8 Å². The highest BCUT2D eigenvalue weighted by Gasteiger charge is 2.40. The molecule has 0 aliphatic heterocycles. The summed E-state index contributed by atoms with van der Waals surface area (Å²) in [7, 11) is 0. The number of hydrogen-bond acceptors (Lipinski definition) is 3. The SMILES string of the molecule is CSCCC(O)C1(CN)CCC(C(C)C)CC1. The first-order valence-electron chi connectivity index (χ1n) is 6.93. The first-order valence-corrected chi connectivity index (χ1v) is 8.32. The molecular formula is C14H29NOS. The predicted molar refractivity (Wildman–Crippen MR) is 77.3 cm³/mol. The molecule has 0 radical (unpaired) electrons. The molecule has 0 saturated heterocycles. The molecule has 0 aromatic heterocycles. The van der Waals surface area contributed by atoms with Gasteiger partial charge in [-0.2, -0.15) is 11.8 Å². The van der Waals surface area contributed by atoms with E-state index in [1.54, 1.807) is 0 Å². The molecular weight excluding hydrogens is 230 g/mol. The number of rotatable bonds is 6. The number of hydrogen-bond donors (Lipinski definition) is 2. The van der Waals surface area contributed by atoms with Crippen LogP contribution in [0.5, 0.6) is 0 Å². The lowest BCUT2D eigenvalue weighted by atomic mass is 9.65. The van der Waals surface area contributed by atoms with Crippen LogP contribution in [0.3, 0.4) is 0 Å². The van der Waals surface area contributed by atoms with Crippen LogP contribution in [0.2, 0.25) is 0 Å². The van der Waals surface area contributed by atoms with E-state index in [2.05, 4.69) is 20.1 Å². The monoisotopic (exact) mass is 259 g/mol. The molecule has 17 heavy (non-hydrogen) atoms. The van der Waals surface area contributed by atoms with Gasteiger partial charge in [0.15, 0.2) is 0 Å². The van der Waals surface area contributed by atoms with Gasteiger partial charge in [0.2, 0.25) is 0 Å². The van der Waals surface area contributed by atoms with Crippen molar-refractivity contribution in [1.29, 1.82) is 0 Å². The summed E-state index contributed by atoms with van der Waals surface area (Å²) in [6, 6.07) is 0. The van der Waals surface area contributed by atoms with Crippen LogP contribution >= 0.6 is 11.8 Å². The van der Waals surface area contributed by atoms with Crippen molar-refractivity contribution >= 4 is 11.8 Å². The van der Waals surface area contributed by atoms with Crippen molar-refractivity contribution in [2.75, 3.05) is 18.6 Å². The van der Waals surface area contributed by atoms with Crippen LogP contribution in [0.25, 0.3) is 0 Å². The summed E-state index contributed by atoms with van der Waals surface area (Å²) in [6.07, 6.45) is 7.50. The predicted octanol–water partition coefficient (Wildman–Crippen LogP) is 2.89. The number of thioether (sulfide) groups is 1. The van der Waals surface area contributed by atoms with Crippen LogP contribution in [0, 0.1) is 17.3 Å². The van der Waals surface area contributed by atoms with E-state index in [4.69, 9.17) is 5.73 Å². The molecule has 1 saturated carbocycles. The molecule has 1 rings (SSSR count). The van der Waals surface area contributed by atoms with Gasteiger partial charge in [-0.1, -0.05) is 13.8 Å². The average molecular weight is 259 g/mol. The molecule has 0 aromatic rings. The molecule has 1 aliphatic rings. The topological polar surface area (TPSA) is 46.2 Å².